The van der Waals surface area contributed by atoms with Gasteiger partial charge >= 0.3 is 0 Å². The van der Waals surface area contributed by atoms with Crippen molar-refractivity contribution < 1.29 is 4.79 Å². The summed E-state index contributed by atoms with van der Waals surface area (Å²) < 4.78 is 0. The van der Waals surface area contributed by atoms with Crippen LogP contribution in [0.15, 0.2) is 18.2 Å². The zero-order valence-electron chi connectivity index (χ0n) is 11.8. The Morgan fingerprint density at radius 3 is 2.60 bits per heavy atom. The van der Waals surface area contributed by atoms with Crippen LogP contribution in [0.1, 0.15) is 36.0 Å². The van der Waals surface area contributed by atoms with E-state index < -0.39 is 0 Å². The van der Waals surface area contributed by atoms with Crippen molar-refractivity contribution in [2.45, 2.75) is 37.8 Å². The number of benzene rings is 1. The van der Waals surface area contributed by atoms with Gasteiger partial charge in [0.25, 0.3) is 5.91 Å². The zero-order valence-corrected chi connectivity index (χ0v) is 13.3. The Balaban J connectivity index is 2.09. The van der Waals surface area contributed by atoms with Gasteiger partial charge in [0, 0.05) is 17.1 Å². The highest BCUT2D eigenvalue weighted by Gasteiger charge is 2.28. The second kappa shape index (κ2) is 6.79. The van der Waals surface area contributed by atoms with E-state index in [1.54, 1.807) is 18.2 Å². The lowest BCUT2D eigenvalue weighted by Gasteiger charge is -2.36. The predicted molar refractivity (Wildman–Crippen MR) is 83.7 cm³/mol. The van der Waals surface area contributed by atoms with E-state index in [2.05, 4.69) is 24.3 Å². The normalized spacial score (nSPS) is 22.9. The summed E-state index contributed by atoms with van der Waals surface area (Å²) in [4.78, 5) is 14.5. The van der Waals surface area contributed by atoms with Crippen LogP contribution in [-0.2, 0) is 0 Å². The summed E-state index contributed by atoms with van der Waals surface area (Å²) in [6.07, 6.45) is 4.51. The van der Waals surface area contributed by atoms with E-state index in [4.69, 9.17) is 23.2 Å². The van der Waals surface area contributed by atoms with E-state index in [0.29, 0.717) is 21.7 Å². The SMILES string of the molecule is CN(C)C1CCCCC1NC(=O)c1ccc(Cl)cc1Cl. The molecule has 5 heteroatoms. The summed E-state index contributed by atoms with van der Waals surface area (Å²) in [6.45, 7) is 0. The van der Waals surface area contributed by atoms with Crippen LogP contribution in [0.3, 0.4) is 0 Å². The van der Waals surface area contributed by atoms with Crippen molar-refractivity contribution in [3.05, 3.63) is 33.8 Å². The molecule has 110 valence electrons. The lowest BCUT2D eigenvalue weighted by molar-refractivity contribution is 0.0883. The minimum Gasteiger partial charge on any atom is -0.348 e. The summed E-state index contributed by atoms with van der Waals surface area (Å²) in [5.74, 6) is -0.120. The Bertz CT molecular complexity index is 491. The van der Waals surface area contributed by atoms with Crippen LogP contribution in [-0.4, -0.2) is 37.0 Å². The van der Waals surface area contributed by atoms with E-state index in [0.717, 1.165) is 19.3 Å². The van der Waals surface area contributed by atoms with Gasteiger partial charge in [-0.15, -0.1) is 0 Å². The molecule has 1 saturated carbocycles. The average Bonchev–Trinajstić information content (AvgIpc) is 2.38. The van der Waals surface area contributed by atoms with Crippen molar-refractivity contribution in [3.63, 3.8) is 0 Å². The van der Waals surface area contributed by atoms with E-state index in [1.165, 1.54) is 6.42 Å². The molecule has 0 radical (unpaired) electrons. The Kier molecular flexibility index (Phi) is 5.30. The minimum atomic E-state index is -0.120. The molecule has 1 aliphatic carbocycles. The van der Waals surface area contributed by atoms with Crippen LogP contribution in [0.2, 0.25) is 10.0 Å². The van der Waals surface area contributed by atoms with Crippen molar-refractivity contribution in [1.82, 2.24) is 10.2 Å². The molecule has 1 N–H and O–H groups in total. The number of nitrogens with one attached hydrogen (secondary N) is 1. The van der Waals surface area contributed by atoms with Gasteiger partial charge in [0.1, 0.15) is 0 Å². The lowest BCUT2D eigenvalue weighted by atomic mass is 9.89. The maximum Gasteiger partial charge on any atom is 0.253 e. The molecule has 0 spiro atoms. The highest BCUT2D eigenvalue weighted by Crippen LogP contribution is 2.24. The van der Waals surface area contributed by atoms with Crippen molar-refractivity contribution in [2.75, 3.05) is 14.1 Å². The van der Waals surface area contributed by atoms with Crippen molar-refractivity contribution >= 4 is 29.1 Å². The van der Waals surface area contributed by atoms with Gasteiger partial charge in [-0.2, -0.15) is 0 Å². The van der Waals surface area contributed by atoms with Crippen molar-refractivity contribution in [2.24, 2.45) is 0 Å². The molecule has 0 saturated heterocycles. The third-order valence-electron chi connectivity index (χ3n) is 3.89. The minimum absolute atomic E-state index is 0.120. The molecule has 1 fully saturated rings. The molecule has 0 aromatic heterocycles. The van der Waals surface area contributed by atoms with Crippen LogP contribution >= 0.6 is 23.2 Å². The fraction of sp³-hybridized carbons (Fsp3) is 0.533. The van der Waals surface area contributed by atoms with Crippen LogP contribution in [0.5, 0.6) is 0 Å². The van der Waals surface area contributed by atoms with E-state index in [-0.39, 0.29) is 11.9 Å². The van der Waals surface area contributed by atoms with Crippen LogP contribution < -0.4 is 5.32 Å². The number of hydrogen-bond acceptors (Lipinski definition) is 2. The molecule has 2 unspecified atom stereocenters. The largest absolute Gasteiger partial charge is 0.348 e. The number of likely N-dealkylation sites (N-methyl/N-ethyl adjacent to an activating group) is 1. The molecule has 20 heavy (non-hydrogen) atoms. The van der Waals surface area contributed by atoms with E-state index in [9.17, 15) is 4.79 Å². The Morgan fingerprint density at radius 2 is 1.95 bits per heavy atom. The topological polar surface area (TPSA) is 32.3 Å². The molecule has 3 nitrogen and oxygen atoms in total. The lowest BCUT2D eigenvalue weighted by Crippen LogP contribution is -2.51. The fourth-order valence-electron chi connectivity index (χ4n) is 2.82. The van der Waals surface area contributed by atoms with Gasteiger partial charge in [-0.25, -0.2) is 0 Å². The Morgan fingerprint density at radius 1 is 1.25 bits per heavy atom. The summed E-state index contributed by atoms with van der Waals surface area (Å²) in [7, 11) is 4.12. The summed E-state index contributed by atoms with van der Waals surface area (Å²) in [5, 5.41) is 4.05. The van der Waals surface area contributed by atoms with Crippen LogP contribution in [0.25, 0.3) is 0 Å². The summed E-state index contributed by atoms with van der Waals surface area (Å²) in [5.41, 5.74) is 0.485. The van der Waals surface area contributed by atoms with E-state index in [1.807, 2.05) is 0 Å². The Labute approximate surface area is 130 Å². The van der Waals surface area contributed by atoms with Crippen LogP contribution in [0.4, 0.5) is 0 Å². The first-order valence-electron chi connectivity index (χ1n) is 6.91. The molecule has 1 aliphatic rings. The van der Waals surface area contributed by atoms with Gasteiger partial charge in [-0.3, -0.25) is 4.79 Å². The van der Waals surface area contributed by atoms with Gasteiger partial charge in [0.2, 0.25) is 0 Å². The summed E-state index contributed by atoms with van der Waals surface area (Å²) in [6, 6.07) is 5.53. The highest BCUT2D eigenvalue weighted by molar-refractivity contribution is 6.36. The van der Waals surface area contributed by atoms with E-state index >= 15 is 0 Å². The Hall–Kier alpha value is -0.770. The molecule has 1 aromatic rings. The number of rotatable bonds is 3. The first kappa shape index (κ1) is 15.6. The van der Waals surface area contributed by atoms with Crippen molar-refractivity contribution in [1.29, 1.82) is 0 Å². The smallest absolute Gasteiger partial charge is 0.253 e. The molecular weight excluding hydrogens is 295 g/mol. The molecule has 2 rings (SSSR count). The molecule has 0 aliphatic heterocycles. The van der Waals surface area contributed by atoms with Gasteiger partial charge < -0.3 is 10.2 Å². The molecule has 0 heterocycles. The predicted octanol–water partition coefficient (Wildman–Crippen LogP) is 3.60. The quantitative estimate of drug-likeness (QED) is 0.924. The molecule has 0 bridgehead atoms. The number of amides is 1. The number of carbonyl (C=O) groups excluding carboxylic acids is 1. The maximum atomic E-state index is 12.4. The third kappa shape index (κ3) is 3.66. The average molecular weight is 315 g/mol. The fourth-order valence-corrected chi connectivity index (χ4v) is 3.31. The zero-order chi connectivity index (χ0) is 14.7. The van der Waals surface area contributed by atoms with Gasteiger partial charge in [0.05, 0.1) is 10.6 Å². The van der Waals surface area contributed by atoms with Crippen molar-refractivity contribution in [3.8, 4) is 0 Å². The molecular formula is C15H20Cl2N2O. The maximum absolute atomic E-state index is 12.4. The van der Waals surface area contributed by atoms with Crippen LogP contribution in [0, 0.1) is 0 Å². The van der Waals surface area contributed by atoms with Gasteiger partial charge in [-0.1, -0.05) is 36.0 Å². The number of carbonyl (C=O) groups is 1. The second-order valence-electron chi connectivity index (χ2n) is 5.52. The molecule has 1 aromatic carbocycles. The molecule has 2 atom stereocenters. The third-order valence-corrected chi connectivity index (χ3v) is 4.43. The highest BCUT2D eigenvalue weighted by atomic mass is 35.5. The van der Waals surface area contributed by atoms with Gasteiger partial charge in [0.15, 0.2) is 0 Å². The number of hydrogen-bond donors (Lipinski definition) is 1. The molecule has 1 amide bonds. The standard InChI is InChI=1S/C15H20Cl2N2O/c1-19(2)14-6-4-3-5-13(14)18-15(20)11-8-7-10(16)9-12(11)17/h7-9,13-14H,3-6H2,1-2H3,(H,18,20). The first-order chi connectivity index (χ1) is 9.49. The van der Waals surface area contributed by atoms with Gasteiger partial charge in [-0.05, 0) is 45.1 Å². The first-order valence-corrected chi connectivity index (χ1v) is 7.67. The number of halogens is 2. The monoisotopic (exact) mass is 314 g/mol. The number of nitrogens with zero attached hydrogens (tertiary/aromatic N) is 1. The second-order valence-corrected chi connectivity index (χ2v) is 6.36. The summed E-state index contributed by atoms with van der Waals surface area (Å²) >= 11 is 11.9.